The fourth-order valence-electron chi connectivity index (χ4n) is 3.09. The van der Waals surface area contributed by atoms with Crippen LogP contribution in [0.3, 0.4) is 0 Å². The third-order valence-electron chi connectivity index (χ3n) is 4.63. The Balaban J connectivity index is 1.79. The van der Waals surface area contributed by atoms with Crippen molar-refractivity contribution >= 4 is 34.8 Å². The smallest absolute Gasteiger partial charge is 0.229 e. The SMILES string of the molecule is COc1ccc(OC)c(N2C[C@H](C(=O)Nc3cc(Cl)ccc3C)CC2=O)c1. The summed E-state index contributed by atoms with van der Waals surface area (Å²) >= 11 is 6.01. The average Bonchev–Trinajstić information content (AvgIpc) is 3.05. The van der Waals surface area contributed by atoms with Gasteiger partial charge in [0.25, 0.3) is 0 Å². The number of carbonyl (C=O) groups is 2. The van der Waals surface area contributed by atoms with Gasteiger partial charge in [-0.3, -0.25) is 9.59 Å². The molecular formula is C20H21ClN2O4. The van der Waals surface area contributed by atoms with Crippen LogP contribution in [0.4, 0.5) is 11.4 Å². The van der Waals surface area contributed by atoms with Crippen molar-refractivity contribution in [3.63, 3.8) is 0 Å². The van der Waals surface area contributed by atoms with Crippen molar-refractivity contribution in [2.75, 3.05) is 31.0 Å². The van der Waals surface area contributed by atoms with Crippen LogP contribution < -0.4 is 19.7 Å². The van der Waals surface area contributed by atoms with Gasteiger partial charge in [0.1, 0.15) is 11.5 Å². The minimum atomic E-state index is -0.466. The minimum Gasteiger partial charge on any atom is -0.497 e. The van der Waals surface area contributed by atoms with Crippen molar-refractivity contribution in [3.05, 3.63) is 47.0 Å². The van der Waals surface area contributed by atoms with Crippen molar-refractivity contribution in [2.24, 2.45) is 5.92 Å². The predicted molar refractivity (Wildman–Crippen MR) is 105 cm³/mol. The molecule has 0 radical (unpaired) electrons. The number of halogens is 1. The number of carbonyl (C=O) groups excluding carboxylic acids is 2. The maximum atomic E-state index is 12.7. The molecule has 1 atom stereocenters. The number of anilines is 2. The lowest BCUT2D eigenvalue weighted by molar-refractivity contribution is -0.122. The summed E-state index contributed by atoms with van der Waals surface area (Å²) in [5.74, 6) is 0.353. The van der Waals surface area contributed by atoms with Gasteiger partial charge in [0.15, 0.2) is 0 Å². The van der Waals surface area contributed by atoms with Crippen LogP contribution >= 0.6 is 11.6 Å². The highest BCUT2D eigenvalue weighted by molar-refractivity contribution is 6.31. The molecule has 142 valence electrons. The largest absolute Gasteiger partial charge is 0.497 e. The van der Waals surface area contributed by atoms with Crippen molar-refractivity contribution in [1.29, 1.82) is 0 Å². The number of rotatable bonds is 5. The van der Waals surface area contributed by atoms with Gasteiger partial charge in [-0.2, -0.15) is 0 Å². The van der Waals surface area contributed by atoms with Gasteiger partial charge in [-0.05, 0) is 36.8 Å². The Hall–Kier alpha value is -2.73. The Kier molecular flexibility index (Phi) is 5.56. The van der Waals surface area contributed by atoms with Crippen LogP contribution in [0.15, 0.2) is 36.4 Å². The molecule has 0 aliphatic carbocycles. The molecule has 1 heterocycles. The lowest BCUT2D eigenvalue weighted by Crippen LogP contribution is -2.28. The summed E-state index contributed by atoms with van der Waals surface area (Å²) in [6, 6.07) is 10.5. The van der Waals surface area contributed by atoms with Crippen molar-refractivity contribution in [2.45, 2.75) is 13.3 Å². The van der Waals surface area contributed by atoms with Crippen molar-refractivity contribution in [1.82, 2.24) is 0 Å². The second-order valence-electron chi connectivity index (χ2n) is 6.39. The van der Waals surface area contributed by atoms with E-state index in [2.05, 4.69) is 5.32 Å². The van der Waals surface area contributed by atoms with E-state index in [1.54, 1.807) is 42.3 Å². The third-order valence-corrected chi connectivity index (χ3v) is 4.87. The van der Waals surface area contributed by atoms with E-state index in [0.717, 1.165) is 5.56 Å². The third kappa shape index (κ3) is 4.01. The molecule has 27 heavy (non-hydrogen) atoms. The molecule has 1 N–H and O–H groups in total. The first-order valence-electron chi connectivity index (χ1n) is 8.52. The molecule has 2 aromatic carbocycles. The summed E-state index contributed by atoms with van der Waals surface area (Å²) in [7, 11) is 3.10. The zero-order valence-electron chi connectivity index (χ0n) is 15.4. The van der Waals surface area contributed by atoms with Crippen LogP contribution in [-0.4, -0.2) is 32.6 Å². The lowest BCUT2D eigenvalue weighted by Gasteiger charge is -2.20. The first-order chi connectivity index (χ1) is 12.9. The molecule has 3 rings (SSSR count). The van der Waals surface area contributed by atoms with Gasteiger partial charge in [-0.25, -0.2) is 0 Å². The van der Waals surface area contributed by atoms with Gasteiger partial charge < -0.3 is 19.7 Å². The monoisotopic (exact) mass is 388 g/mol. The summed E-state index contributed by atoms with van der Waals surface area (Å²) < 4.78 is 10.6. The maximum absolute atomic E-state index is 12.7. The summed E-state index contributed by atoms with van der Waals surface area (Å²) in [6.07, 6.45) is 0.131. The van der Waals surface area contributed by atoms with E-state index in [9.17, 15) is 9.59 Å². The molecule has 7 heteroatoms. The molecule has 6 nitrogen and oxygen atoms in total. The van der Waals surface area contributed by atoms with E-state index in [1.165, 1.54) is 7.11 Å². The quantitative estimate of drug-likeness (QED) is 0.848. The number of methoxy groups -OCH3 is 2. The highest BCUT2D eigenvalue weighted by atomic mass is 35.5. The highest BCUT2D eigenvalue weighted by Gasteiger charge is 2.36. The Bertz CT molecular complexity index is 884. The number of benzene rings is 2. The van der Waals surface area contributed by atoms with Crippen LogP contribution in [0.1, 0.15) is 12.0 Å². The van der Waals surface area contributed by atoms with Crippen molar-refractivity contribution in [3.8, 4) is 11.5 Å². The molecule has 0 saturated carbocycles. The first-order valence-corrected chi connectivity index (χ1v) is 8.90. The molecule has 0 aromatic heterocycles. The lowest BCUT2D eigenvalue weighted by atomic mass is 10.1. The molecule has 2 aromatic rings. The summed E-state index contributed by atoms with van der Waals surface area (Å²) in [5, 5.41) is 3.42. The maximum Gasteiger partial charge on any atom is 0.229 e. The van der Waals surface area contributed by atoms with E-state index in [-0.39, 0.29) is 24.8 Å². The van der Waals surface area contributed by atoms with Crippen molar-refractivity contribution < 1.29 is 19.1 Å². The molecule has 1 saturated heterocycles. The van der Waals surface area contributed by atoms with Gasteiger partial charge in [-0.15, -0.1) is 0 Å². The van der Waals surface area contributed by atoms with Gasteiger partial charge in [0, 0.05) is 29.7 Å². The molecular weight excluding hydrogens is 368 g/mol. The fourth-order valence-corrected chi connectivity index (χ4v) is 3.26. The Morgan fingerprint density at radius 3 is 2.67 bits per heavy atom. The van der Waals surface area contributed by atoms with Gasteiger partial charge in [-0.1, -0.05) is 17.7 Å². The topological polar surface area (TPSA) is 67.9 Å². The van der Waals surface area contributed by atoms with E-state index in [1.807, 2.05) is 13.0 Å². The first kappa shape index (κ1) is 19.0. The summed E-state index contributed by atoms with van der Waals surface area (Å²) in [6.45, 7) is 2.16. The number of aryl methyl sites for hydroxylation is 1. The Labute approximate surface area is 163 Å². The second-order valence-corrected chi connectivity index (χ2v) is 6.83. The van der Waals surface area contributed by atoms with Crippen LogP contribution in [-0.2, 0) is 9.59 Å². The Morgan fingerprint density at radius 1 is 1.19 bits per heavy atom. The number of hydrogen-bond donors (Lipinski definition) is 1. The average molecular weight is 389 g/mol. The molecule has 0 spiro atoms. The van der Waals surface area contributed by atoms with E-state index in [0.29, 0.717) is 27.9 Å². The van der Waals surface area contributed by atoms with Gasteiger partial charge >= 0.3 is 0 Å². The van der Waals surface area contributed by atoms with Crippen LogP contribution in [0.5, 0.6) is 11.5 Å². The van der Waals surface area contributed by atoms with E-state index < -0.39 is 5.92 Å². The standard InChI is InChI=1S/C20H21ClN2O4/c1-12-4-5-14(21)9-16(12)22-20(25)13-8-19(24)23(11-13)17-10-15(26-2)6-7-18(17)27-3/h4-7,9-10,13H,8,11H2,1-3H3,(H,22,25)/t13-/m1/s1. The number of amides is 2. The zero-order valence-corrected chi connectivity index (χ0v) is 16.2. The number of nitrogens with one attached hydrogen (secondary N) is 1. The fraction of sp³-hybridized carbons (Fsp3) is 0.300. The molecule has 2 amide bonds. The highest BCUT2D eigenvalue weighted by Crippen LogP contribution is 2.36. The molecule has 1 aliphatic heterocycles. The Morgan fingerprint density at radius 2 is 1.96 bits per heavy atom. The second kappa shape index (κ2) is 7.88. The summed E-state index contributed by atoms with van der Waals surface area (Å²) in [5.41, 5.74) is 2.15. The number of hydrogen-bond acceptors (Lipinski definition) is 4. The normalized spacial score (nSPS) is 16.4. The van der Waals surface area contributed by atoms with E-state index in [4.69, 9.17) is 21.1 Å². The van der Waals surface area contributed by atoms with Crippen LogP contribution in [0.25, 0.3) is 0 Å². The number of nitrogens with zero attached hydrogens (tertiary/aromatic N) is 1. The molecule has 1 aliphatic rings. The minimum absolute atomic E-state index is 0.131. The molecule has 1 fully saturated rings. The number of ether oxygens (including phenoxy) is 2. The molecule has 0 unspecified atom stereocenters. The van der Waals surface area contributed by atoms with E-state index >= 15 is 0 Å². The summed E-state index contributed by atoms with van der Waals surface area (Å²) in [4.78, 5) is 26.8. The molecule has 0 bridgehead atoms. The van der Waals surface area contributed by atoms with Gasteiger partial charge in [0.05, 0.1) is 25.8 Å². The zero-order chi connectivity index (χ0) is 19.6. The predicted octanol–water partition coefficient (Wildman–Crippen LogP) is 3.66. The van der Waals surface area contributed by atoms with Crippen LogP contribution in [0.2, 0.25) is 5.02 Å². The van der Waals surface area contributed by atoms with Crippen LogP contribution in [0, 0.1) is 12.8 Å². The van der Waals surface area contributed by atoms with Gasteiger partial charge in [0.2, 0.25) is 11.8 Å².